The van der Waals surface area contributed by atoms with Crippen LogP contribution in [0.15, 0.2) is 42.0 Å². The van der Waals surface area contributed by atoms with Crippen LogP contribution < -0.4 is 19.7 Å². The van der Waals surface area contributed by atoms with Gasteiger partial charge in [-0.15, -0.1) is 0 Å². The third-order valence-corrected chi connectivity index (χ3v) is 5.08. The molecule has 8 nitrogen and oxygen atoms in total. The minimum absolute atomic E-state index is 0.161. The molecule has 1 aliphatic rings. The van der Waals surface area contributed by atoms with E-state index >= 15 is 0 Å². The topological polar surface area (TPSA) is 109 Å². The number of nitrogens with zero attached hydrogens (tertiary/aromatic N) is 2. The third kappa shape index (κ3) is 4.39. The lowest BCUT2D eigenvalue weighted by Crippen LogP contribution is -2.54. The van der Waals surface area contributed by atoms with Crippen LogP contribution in [0.2, 0.25) is 5.02 Å². The first-order valence-corrected chi connectivity index (χ1v) is 9.85. The number of rotatable bonds is 5. The lowest BCUT2D eigenvalue weighted by molar-refractivity contribution is -0.122. The Morgan fingerprint density at radius 3 is 2.57 bits per heavy atom. The number of anilines is 1. The summed E-state index contributed by atoms with van der Waals surface area (Å²) in [5.74, 6) is -0.878. The fourth-order valence-electron chi connectivity index (χ4n) is 2.72. The lowest BCUT2D eigenvalue weighted by atomic mass is 10.1. The number of carbonyl (C=O) groups is 3. The van der Waals surface area contributed by atoms with Gasteiger partial charge in [0.1, 0.15) is 11.6 Å². The van der Waals surface area contributed by atoms with E-state index in [2.05, 4.69) is 5.32 Å². The Bertz CT molecular complexity index is 1110. The van der Waals surface area contributed by atoms with E-state index in [1.165, 1.54) is 37.5 Å². The highest BCUT2D eigenvalue weighted by molar-refractivity contribution is 14.1. The predicted molar refractivity (Wildman–Crippen MR) is 117 cm³/mol. The Morgan fingerprint density at radius 2 is 1.93 bits per heavy atom. The van der Waals surface area contributed by atoms with Crippen molar-refractivity contribution >= 4 is 63.8 Å². The molecule has 10 heteroatoms. The number of halogens is 2. The van der Waals surface area contributed by atoms with Crippen molar-refractivity contribution in [2.75, 3.05) is 18.6 Å². The molecule has 0 radical (unpaired) electrons. The number of imide groups is 2. The van der Waals surface area contributed by atoms with Crippen molar-refractivity contribution in [1.29, 1.82) is 5.26 Å². The monoisotopic (exact) mass is 537 g/mol. The molecule has 0 bridgehead atoms. The summed E-state index contributed by atoms with van der Waals surface area (Å²) in [6.07, 6.45) is 1.35. The molecule has 30 heavy (non-hydrogen) atoms. The summed E-state index contributed by atoms with van der Waals surface area (Å²) in [5, 5.41) is 11.3. The zero-order valence-corrected chi connectivity index (χ0v) is 18.4. The molecule has 1 saturated heterocycles. The van der Waals surface area contributed by atoms with Gasteiger partial charge in [-0.1, -0.05) is 11.6 Å². The van der Waals surface area contributed by atoms with Crippen LogP contribution in [0, 0.1) is 14.9 Å². The van der Waals surface area contributed by atoms with Gasteiger partial charge >= 0.3 is 6.03 Å². The number of hydrogen-bond donors (Lipinski definition) is 1. The third-order valence-electron chi connectivity index (χ3n) is 4.03. The normalized spacial score (nSPS) is 15.1. The van der Waals surface area contributed by atoms with Crippen LogP contribution in [-0.4, -0.2) is 31.6 Å². The van der Waals surface area contributed by atoms with Crippen LogP contribution in [0.3, 0.4) is 0 Å². The minimum atomic E-state index is -0.850. The van der Waals surface area contributed by atoms with Crippen LogP contribution in [0.4, 0.5) is 10.5 Å². The number of nitrogens with one attached hydrogen (secondary N) is 1. The smallest absolute Gasteiger partial charge is 0.335 e. The molecule has 0 atom stereocenters. The standard InChI is InChI=1S/C20H13ClIN3O5/c1-29-16-10-11(9-15(22)17(16)30-7-6-23)8-14-18(26)24-20(28)25(19(14)27)13-4-2-12(21)3-5-13/h2-5,8-10H,7H2,1H3,(H,24,26,28)/b14-8+. The molecule has 3 rings (SSSR count). The molecule has 1 fully saturated rings. The quantitative estimate of drug-likeness (QED) is 0.355. The molecule has 0 aromatic heterocycles. The van der Waals surface area contributed by atoms with Crippen molar-refractivity contribution < 1.29 is 23.9 Å². The Kier molecular flexibility index (Phi) is 6.59. The molecule has 0 unspecified atom stereocenters. The van der Waals surface area contributed by atoms with Gasteiger partial charge in [0, 0.05) is 5.02 Å². The van der Waals surface area contributed by atoms with Gasteiger partial charge in [0.15, 0.2) is 18.1 Å². The van der Waals surface area contributed by atoms with Gasteiger partial charge < -0.3 is 9.47 Å². The van der Waals surface area contributed by atoms with E-state index in [4.69, 9.17) is 26.3 Å². The maximum atomic E-state index is 12.9. The van der Waals surface area contributed by atoms with E-state index in [1.54, 1.807) is 12.1 Å². The summed E-state index contributed by atoms with van der Waals surface area (Å²) >= 11 is 7.85. The van der Waals surface area contributed by atoms with Crippen LogP contribution in [0.1, 0.15) is 5.56 Å². The number of benzene rings is 2. The molecular formula is C20H13ClIN3O5. The van der Waals surface area contributed by atoms with E-state index in [0.717, 1.165) is 4.90 Å². The minimum Gasteiger partial charge on any atom is -0.493 e. The second kappa shape index (κ2) is 9.15. The molecule has 2 aromatic rings. The number of ether oxygens (including phenoxy) is 2. The van der Waals surface area contributed by atoms with Crippen molar-refractivity contribution in [2.45, 2.75) is 0 Å². The van der Waals surface area contributed by atoms with Gasteiger partial charge in [0.2, 0.25) is 0 Å². The maximum Gasteiger partial charge on any atom is 0.335 e. The van der Waals surface area contributed by atoms with Crippen molar-refractivity contribution in [3.05, 3.63) is 56.1 Å². The molecule has 0 aliphatic carbocycles. The number of barbiturate groups is 1. The number of methoxy groups -OCH3 is 1. The molecule has 2 aromatic carbocycles. The second-order valence-electron chi connectivity index (χ2n) is 5.92. The molecule has 1 aliphatic heterocycles. The van der Waals surface area contributed by atoms with Crippen LogP contribution >= 0.6 is 34.2 Å². The molecular weight excluding hydrogens is 525 g/mol. The van der Waals surface area contributed by atoms with Gasteiger partial charge in [-0.3, -0.25) is 14.9 Å². The molecule has 152 valence electrons. The fourth-order valence-corrected chi connectivity index (χ4v) is 3.62. The van der Waals surface area contributed by atoms with Gasteiger partial charge in [0.25, 0.3) is 11.8 Å². The maximum absolute atomic E-state index is 12.9. The zero-order valence-electron chi connectivity index (χ0n) is 15.4. The predicted octanol–water partition coefficient (Wildman–Crippen LogP) is 3.52. The van der Waals surface area contributed by atoms with Crippen molar-refractivity contribution in [3.8, 4) is 17.6 Å². The van der Waals surface area contributed by atoms with E-state index in [9.17, 15) is 14.4 Å². The van der Waals surface area contributed by atoms with E-state index < -0.39 is 17.8 Å². The number of hydrogen-bond acceptors (Lipinski definition) is 6. The van der Waals surface area contributed by atoms with Crippen LogP contribution in [0.5, 0.6) is 11.5 Å². The van der Waals surface area contributed by atoms with Crippen molar-refractivity contribution in [2.24, 2.45) is 0 Å². The largest absolute Gasteiger partial charge is 0.493 e. The van der Waals surface area contributed by atoms with E-state index in [0.29, 0.717) is 25.7 Å². The highest BCUT2D eigenvalue weighted by Gasteiger charge is 2.36. The van der Waals surface area contributed by atoms with Gasteiger partial charge in [-0.25, -0.2) is 9.69 Å². The molecule has 4 amide bonds. The lowest BCUT2D eigenvalue weighted by Gasteiger charge is -2.26. The van der Waals surface area contributed by atoms with E-state index in [1.807, 2.05) is 28.7 Å². The molecule has 0 spiro atoms. The Labute approximate surface area is 190 Å². The summed E-state index contributed by atoms with van der Waals surface area (Å²) in [6, 6.07) is 10.3. The van der Waals surface area contributed by atoms with Gasteiger partial charge in [0.05, 0.1) is 16.4 Å². The van der Waals surface area contributed by atoms with Gasteiger partial charge in [-0.05, 0) is 70.6 Å². The van der Waals surface area contributed by atoms with Crippen molar-refractivity contribution in [3.63, 3.8) is 0 Å². The van der Waals surface area contributed by atoms with Crippen LogP contribution in [-0.2, 0) is 9.59 Å². The number of urea groups is 1. The summed E-state index contributed by atoms with van der Waals surface area (Å²) in [5.41, 5.74) is 0.519. The highest BCUT2D eigenvalue weighted by atomic mass is 127. The first-order chi connectivity index (χ1) is 14.3. The zero-order chi connectivity index (χ0) is 21.8. The summed E-state index contributed by atoms with van der Waals surface area (Å²) in [6.45, 7) is -0.161. The van der Waals surface area contributed by atoms with E-state index in [-0.39, 0.29) is 17.9 Å². The van der Waals surface area contributed by atoms with Gasteiger partial charge in [-0.2, -0.15) is 5.26 Å². The fraction of sp³-hybridized carbons (Fsp3) is 0.100. The number of amides is 4. The molecule has 0 saturated carbocycles. The summed E-state index contributed by atoms with van der Waals surface area (Å²) in [4.78, 5) is 38.4. The highest BCUT2D eigenvalue weighted by Crippen LogP contribution is 2.35. The second-order valence-corrected chi connectivity index (χ2v) is 7.51. The van der Waals surface area contributed by atoms with Crippen LogP contribution in [0.25, 0.3) is 6.08 Å². The number of carbonyl (C=O) groups excluding carboxylic acids is 3. The summed E-state index contributed by atoms with van der Waals surface area (Å²) < 4.78 is 11.3. The molecule has 1 heterocycles. The average molecular weight is 538 g/mol. The average Bonchev–Trinajstić information content (AvgIpc) is 2.71. The Balaban J connectivity index is 2.01. The summed E-state index contributed by atoms with van der Waals surface area (Å²) in [7, 11) is 1.43. The van der Waals surface area contributed by atoms with Crippen molar-refractivity contribution in [1.82, 2.24) is 5.32 Å². The Hall–Kier alpha value is -3.10. The molecule has 1 N–H and O–H groups in total. The number of nitriles is 1. The first kappa shape index (κ1) is 21.6. The SMILES string of the molecule is COc1cc(/C=C2\C(=O)NC(=O)N(c3ccc(Cl)cc3)C2=O)cc(I)c1OCC#N. The Morgan fingerprint density at radius 1 is 1.23 bits per heavy atom. The first-order valence-electron chi connectivity index (χ1n) is 8.40.